The lowest BCUT2D eigenvalue weighted by Gasteiger charge is -2.32. The van der Waals surface area contributed by atoms with Crippen LogP contribution in [0.25, 0.3) is 11.1 Å². The summed E-state index contributed by atoms with van der Waals surface area (Å²) in [6.45, 7) is 4.99. The standard InChI is InChI=1S/C20H22ClN3O/c1-14-4-9-18(25-14)13-24-10-2-3-16(12-24)20-19(11-22-23-20)15-5-7-17(21)8-6-15/h4-9,11,16H,2-3,10,12-13H2,1H3,(H,22,23). The van der Waals surface area contributed by atoms with Gasteiger partial charge in [-0.2, -0.15) is 5.10 Å². The number of nitrogens with one attached hydrogen (secondary N) is 1. The lowest BCUT2D eigenvalue weighted by atomic mass is 9.90. The van der Waals surface area contributed by atoms with E-state index in [1.165, 1.54) is 24.1 Å². The predicted octanol–water partition coefficient (Wildman–Crippen LogP) is 5.01. The van der Waals surface area contributed by atoms with Crippen LogP contribution >= 0.6 is 11.6 Å². The van der Waals surface area contributed by atoms with E-state index in [-0.39, 0.29) is 0 Å². The van der Waals surface area contributed by atoms with E-state index in [4.69, 9.17) is 16.0 Å². The fraction of sp³-hybridized carbons (Fsp3) is 0.350. The van der Waals surface area contributed by atoms with Crippen molar-refractivity contribution in [3.63, 3.8) is 0 Å². The zero-order valence-electron chi connectivity index (χ0n) is 14.3. The number of rotatable bonds is 4. The molecule has 25 heavy (non-hydrogen) atoms. The number of piperidine rings is 1. The number of aromatic amines is 1. The average molecular weight is 356 g/mol. The Balaban J connectivity index is 1.52. The van der Waals surface area contributed by atoms with Gasteiger partial charge in [0.15, 0.2) is 0 Å². The van der Waals surface area contributed by atoms with E-state index in [1.807, 2.05) is 31.3 Å². The molecule has 3 aromatic rings. The molecule has 0 bridgehead atoms. The molecule has 0 aliphatic carbocycles. The summed E-state index contributed by atoms with van der Waals surface area (Å²) in [5.41, 5.74) is 3.56. The summed E-state index contributed by atoms with van der Waals surface area (Å²) in [5.74, 6) is 2.47. The van der Waals surface area contributed by atoms with Crippen LogP contribution in [0.4, 0.5) is 0 Å². The molecule has 0 spiro atoms. The van der Waals surface area contributed by atoms with Crippen LogP contribution in [0.15, 0.2) is 47.0 Å². The Labute approximate surface area is 152 Å². The number of hydrogen-bond donors (Lipinski definition) is 1. The molecule has 1 N–H and O–H groups in total. The van der Waals surface area contributed by atoms with Crippen LogP contribution in [0.5, 0.6) is 0 Å². The van der Waals surface area contributed by atoms with E-state index >= 15 is 0 Å². The van der Waals surface area contributed by atoms with Gasteiger partial charge >= 0.3 is 0 Å². The first kappa shape index (κ1) is 16.4. The summed E-state index contributed by atoms with van der Waals surface area (Å²) >= 11 is 6.02. The molecule has 3 heterocycles. The zero-order chi connectivity index (χ0) is 17.2. The Hall–Kier alpha value is -2.04. The molecule has 1 unspecified atom stereocenters. The highest BCUT2D eigenvalue weighted by Gasteiger charge is 2.25. The van der Waals surface area contributed by atoms with Crippen molar-refractivity contribution >= 4 is 11.6 Å². The van der Waals surface area contributed by atoms with Crippen LogP contribution in [0.3, 0.4) is 0 Å². The van der Waals surface area contributed by atoms with Crippen molar-refractivity contribution in [3.8, 4) is 11.1 Å². The van der Waals surface area contributed by atoms with Crippen molar-refractivity contribution in [3.05, 3.63) is 64.8 Å². The maximum atomic E-state index is 6.02. The van der Waals surface area contributed by atoms with Crippen LogP contribution in [0.2, 0.25) is 5.02 Å². The molecule has 1 atom stereocenters. The molecule has 2 aromatic heterocycles. The number of likely N-dealkylation sites (tertiary alicyclic amines) is 1. The highest BCUT2D eigenvalue weighted by atomic mass is 35.5. The first-order valence-electron chi connectivity index (χ1n) is 8.76. The summed E-state index contributed by atoms with van der Waals surface area (Å²) in [6, 6.07) is 12.1. The number of halogens is 1. The number of nitrogens with zero attached hydrogens (tertiary/aromatic N) is 2. The Morgan fingerprint density at radius 1 is 1.24 bits per heavy atom. The molecule has 0 amide bonds. The van der Waals surface area contributed by atoms with Gasteiger partial charge in [-0.15, -0.1) is 0 Å². The smallest absolute Gasteiger partial charge is 0.118 e. The molecule has 0 radical (unpaired) electrons. The van der Waals surface area contributed by atoms with Crippen molar-refractivity contribution in [2.75, 3.05) is 13.1 Å². The maximum Gasteiger partial charge on any atom is 0.118 e. The van der Waals surface area contributed by atoms with Gasteiger partial charge < -0.3 is 4.42 Å². The quantitative estimate of drug-likeness (QED) is 0.715. The van der Waals surface area contributed by atoms with Gasteiger partial charge in [0.05, 0.1) is 12.7 Å². The molecular formula is C20H22ClN3O. The molecule has 5 heteroatoms. The number of benzene rings is 1. The summed E-state index contributed by atoms with van der Waals surface area (Å²) in [5, 5.41) is 8.31. The van der Waals surface area contributed by atoms with Crippen molar-refractivity contribution in [2.24, 2.45) is 0 Å². The van der Waals surface area contributed by atoms with Gasteiger partial charge in [-0.1, -0.05) is 23.7 Å². The molecular weight excluding hydrogens is 334 g/mol. The largest absolute Gasteiger partial charge is 0.465 e. The van der Waals surface area contributed by atoms with Gasteiger partial charge in [-0.3, -0.25) is 10.00 Å². The van der Waals surface area contributed by atoms with E-state index in [0.717, 1.165) is 41.7 Å². The summed E-state index contributed by atoms with van der Waals surface area (Å²) in [6.07, 6.45) is 4.29. The van der Waals surface area contributed by atoms with Gasteiger partial charge in [-0.05, 0) is 56.1 Å². The molecule has 4 nitrogen and oxygen atoms in total. The topological polar surface area (TPSA) is 45.1 Å². The second-order valence-corrected chi connectivity index (χ2v) is 7.23. The Morgan fingerprint density at radius 2 is 2.08 bits per heavy atom. The highest BCUT2D eigenvalue weighted by Crippen LogP contribution is 2.33. The fourth-order valence-electron chi connectivity index (χ4n) is 3.69. The Bertz CT molecular complexity index is 837. The average Bonchev–Trinajstić information content (AvgIpc) is 3.25. The van der Waals surface area contributed by atoms with Gasteiger partial charge in [0, 0.05) is 28.7 Å². The van der Waals surface area contributed by atoms with Crippen LogP contribution in [-0.4, -0.2) is 28.2 Å². The fourth-order valence-corrected chi connectivity index (χ4v) is 3.82. The second-order valence-electron chi connectivity index (χ2n) is 6.79. The Kier molecular flexibility index (Phi) is 4.64. The van der Waals surface area contributed by atoms with Crippen molar-refractivity contribution in [2.45, 2.75) is 32.2 Å². The normalized spacial score (nSPS) is 18.6. The third-order valence-corrected chi connectivity index (χ3v) is 5.17. The van der Waals surface area contributed by atoms with E-state index in [1.54, 1.807) is 0 Å². The van der Waals surface area contributed by atoms with Crippen molar-refractivity contribution in [1.29, 1.82) is 0 Å². The number of furan rings is 1. The van der Waals surface area contributed by atoms with Crippen molar-refractivity contribution in [1.82, 2.24) is 15.1 Å². The minimum atomic E-state index is 0.456. The third kappa shape index (κ3) is 3.65. The first-order chi connectivity index (χ1) is 12.2. The molecule has 0 saturated carbocycles. The SMILES string of the molecule is Cc1ccc(CN2CCCC(c3[nH]ncc3-c3ccc(Cl)cc3)C2)o1. The molecule has 1 aliphatic heterocycles. The Morgan fingerprint density at radius 3 is 2.84 bits per heavy atom. The number of aromatic nitrogens is 2. The summed E-state index contributed by atoms with van der Waals surface area (Å²) in [4.78, 5) is 2.47. The molecule has 1 aliphatic rings. The lowest BCUT2D eigenvalue weighted by Crippen LogP contribution is -2.34. The highest BCUT2D eigenvalue weighted by molar-refractivity contribution is 6.30. The van der Waals surface area contributed by atoms with E-state index in [2.05, 4.69) is 33.3 Å². The second kappa shape index (κ2) is 7.06. The molecule has 4 rings (SSSR count). The lowest BCUT2D eigenvalue weighted by molar-refractivity contribution is 0.184. The van der Waals surface area contributed by atoms with Gasteiger partial charge in [0.25, 0.3) is 0 Å². The molecule has 1 fully saturated rings. The van der Waals surface area contributed by atoms with E-state index in [9.17, 15) is 0 Å². The number of aryl methyl sites for hydroxylation is 1. The molecule has 1 aromatic carbocycles. The number of H-pyrrole nitrogens is 1. The summed E-state index contributed by atoms with van der Waals surface area (Å²) in [7, 11) is 0. The van der Waals surface area contributed by atoms with E-state index < -0.39 is 0 Å². The van der Waals surface area contributed by atoms with Gasteiger partial charge in [0.2, 0.25) is 0 Å². The van der Waals surface area contributed by atoms with Gasteiger partial charge in [0.1, 0.15) is 11.5 Å². The minimum absolute atomic E-state index is 0.456. The van der Waals surface area contributed by atoms with Crippen LogP contribution in [0.1, 0.15) is 36.0 Å². The minimum Gasteiger partial charge on any atom is -0.465 e. The van der Waals surface area contributed by atoms with Crippen LogP contribution in [-0.2, 0) is 6.54 Å². The zero-order valence-corrected chi connectivity index (χ0v) is 15.1. The molecule has 130 valence electrons. The molecule has 1 saturated heterocycles. The third-order valence-electron chi connectivity index (χ3n) is 4.91. The maximum absolute atomic E-state index is 6.02. The van der Waals surface area contributed by atoms with E-state index in [0.29, 0.717) is 5.92 Å². The van der Waals surface area contributed by atoms with Gasteiger partial charge in [-0.25, -0.2) is 0 Å². The number of hydrogen-bond acceptors (Lipinski definition) is 3. The van der Waals surface area contributed by atoms with Crippen molar-refractivity contribution < 1.29 is 4.42 Å². The predicted molar refractivity (Wildman–Crippen MR) is 99.7 cm³/mol. The first-order valence-corrected chi connectivity index (χ1v) is 9.14. The van der Waals surface area contributed by atoms with Crippen LogP contribution < -0.4 is 0 Å². The monoisotopic (exact) mass is 355 g/mol. The summed E-state index contributed by atoms with van der Waals surface area (Å²) < 4.78 is 5.74. The van der Waals surface area contributed by atoms with Crippen LogP contribution in [0, 0.1) is 6.92 Å².